The first-order chi connectivity index (χ1) is 11.8. The van der Waals surface area contributed by atoms with Gasteiger partial charge in [0.15, 0.2) is 0 Å². The fourth-order valence-corrected chi connectivity index (χ4v) is 2.94. The van der Waals surface area contributed by atoms with E-state index in [-0.39, 0.29) is 12.0 Å². The summed E-state index contributed by atoms with van der Waals surface area (Å²) in [4.78, 5) is 23.0. The van der Waals surface area contributed by atoms with Gasteiger partial charge in [-0.15, -0.1) is 0 Å². The predicted octanol–water partition coefficient (Wildman–Crippen LogP) is 2.86. The molecule has 0 bridgehead atoms. The van der Waals surface area contributed by atoms with Crippen molar-refractivity contribution in [3.63, 3.8) is 0 Å². The lowest BCUT2D eigenvalue weighted by molar-refractivity contribution is -0.00681. The maximum Gasteiger partial charge on any atom is 0.254 e. The molecule has 1 aliphatic rings. The molecule has 1 atom stereocenters. The van der Waals surface area contributed by atoms with Crippen LogP contribution in [0.1, 0.15) is 41.4 Å². The Morgan fingerprint density at radius 2 is 2.29 bits per heavy atom. The van der Waals surface area contributed by atoms with Gasteiger partial charge in [-0.05, 0) is 43.0 Å². The Kier molecular flexibility index (Phi) is 5.54. The number of carbonyl (C=O) groups is 1. The van der Waals surface area contributed by atoms with Crippen LogP contribution in [0.3, 0.4) is 0 Å². The molecule has 24 heavy (non-hydrogen) atoms. The van der Waals surface area contributed by atoms with Crippen molar-refractivity contribution in [3.8, 4) is 0 Å². The molecule has 0 N–H and O–H groups in total. The quantitative estimate of drug-likeness (QED) is 0.848. The number of pyridine rings is 2. The molecule has 1 fully saturated rings. The monoisotopic (exact) mass is 325 g/mol. The molecule has 0 saturated carbocycles. The molecule has 126 valence electrons. The van der Waals surface area contributed by atoms with Crippen LogP contribution < -0.4 is 0 Å². The second kappa shape index (κ2) is 8.02. The van der Waals surface area contributed by atoms with Crippen LogP contribution in [-0.2, 0) is 17.8 Å². The Balaban J connectivity index is 1.59. The first-order valence-electron chi connectivity index (χ1n) is 8.51. The molecule has 0 aliphatic carbocycles. The minimum Gasteiger partial charge on any atom is -0.372 e. The Morgan fingerprint density at radius 1 is 1.38 bits per heavy atom. The molecule has 1 aliphatic heterocycles. The van der Waals surface area contributed by atoms with E-state index in [2.05, 4.69) is 9.97 Å². The van der Waals surface area contributed by atoms with Crippen molar-refractivity contribution >= 4 is 5.91 Å². The van der Waals surface area contributed by atoms with E-state index in [0.717, 1.165) is 42.6 Å². The van der Waals surface area contributed by atoms with Gasteiger partial charge in [-0.1, -0.05) is 13.0 Å². The maximum absolute atomic E-state index is 12.7. The first-order valence-corrected chi connectivity index (χ1v) is 8.51. The number of rotatable bonds is 5. The lowest BCUT2D eigenvalue weighted by atomic mass is 10.1. The Morgan fingerprint density at radius 3 is 3.08 bits per heavy atom. The van der Waals surface area contributed by atoms with E-state index in [1.165, 1.54) is 0 Å². The number of hydrogen-bond donors (Lipinski definition) is 0. The van der Waals surface area contributed by atoms with Crippen molar-refractivity contribution in [1.82, 2.24) is 14.9 Å². The number of nitrogens with zero attached hydrogens (tertiary/aromatic N) is 3. The normalized spacial score (nSPS) is 17.7. The summed E-state index contributed by atoms with van der Waals surface area (Å²) >= 11 is 0. The average molecular weight is 325 g/mol. The molecule has 3 heterocycles. The number of hydrogen-bond acceptors (Lipinski definition) is 4. The van der Waals surface area contributed by atoms with Crippen LogP contribution in [0, 0.1) is 0 Å². The van der Waals surface area contributed by atoms with Gasteiger partial charge in [-0.25, -0.2) is 0 Å². The van der Waals surface area contributed by atoms with Crippen molar-refractivity contribution in [2.24, 2.45) is 0 Å². The summed E-state index contributed by atoms with van der Waals surface area (Å²) in [6, 6.07) is 7.59. The maximum atomic E-state index is 12.7. The van der Waals surface area contributed by atoms with E-state index in [1.807, 2.05) is 36.2 Å². The molecule has 5 heteroatoms. The molecule has 2 aromatic heterocycles. The summed E-state index contributed by atoms with van der Waals surface area (Å²) in [5.41, 5.74) is 2.72. The lowest BCUT2D eigenvalue weighted by Crippen LogP contribution is -2.43. The van der Waals surface area contributed by atoms with Crippen molar-refractivity contribution in [2.45, 2.75) is 38.9 Å². The first kappa shape index (κ1) is 16.6. The SMILES string of the molecule is CCc1cc(C(=O)N2CCCC(OCc3cccnc3)C2)ccn1. The highest BCUT2D eigenvalue weighted by atomic mass is 16.5. The smallest absolute Gasteiger partial charge is 0.254 e. The summed E-state index contributed by atoms with van der Waals surface area (Å²) in [6.07, 6.45) is 8.15. The predicted molar refractivity (Wildman–Crippen MR) is 91.6 cm³/mol. The highest BCUT2D eigenvalue weighted by Gasteiger charge is 2.25. The van der Waals surface area contributed by atoms with E-state index >= 15 is 0 Å². The van der Waals surface area contributed by atoms with E-state index in [1.54, 1.807) is 18.5 Å². The van der Waals surface area contributed by atoms with Gasteiger partial charge in [-0.2, -0.15) is 0 Å². The third-order valence-electron chi connectivity index (χ3n) is 4.30. The molecule has 1 saturated heterocycles. The van der Waals surface area contributed by atoms with Gasteiger partial charge in [0.25, 0.3) is 5.91 Å². The molecule has 2 aromatic rings. The van der Waals surface area contributed by atoms with Crippen LogP contribution in [0.25, 0.3) is 0 Å². The molecule has 0 aromatic carbocycles. The minimum absolute atomic E-state index is 0.0711. The number of aryl methyl sites for hydroxylation is 1. The topological polar surface area (TPSA) is 55.3 Å². The third-order valence-corrected chi connectivity index (χ3v) is 4.30. The minimum atomic E-state index is 0.0711. The van der Waals surface area contributed by atoms with E-state index in [0.29, 0.717) is 13.2 Å². The van der Waals surface area contributed by atoms with Gasteiger partial charge in [0.1, 0.15) is 0 Å². The van der Waals surface area contributed by atoms with Crippen LogP contribution in [0.2, 0.25) is 0 Å². The van der Waals surface area contributed by atoms with E-state index in [9.17, 15) is 4.79 Å². The molecule has 0 radical (unpaired) electrons. The summed E-state index contributed by atoms with van der Waals surface area (Å²) in [5.74, 6) is 0.0711. The number of piperidine rings is 1. The van der Waals surface area contributed by atoms with Gasteiger partial charge in [0.05, 0.1) is 12.7 Å². The second-order valence-electron chi connectivity index (χ2n) is 6.08. The van der Waals surface area contributed by atoms with Gasteiger partial charge in [0.2, 0.25) is 0 Å². The zero-order chi connectivity index (χ0) is 16.8. The fraction of sp³-hybridized carbons (Fsp3) is 0.421. The molecule has 1 unspecified atom stereocenters. The lowest BCUT2D eigenvalue weighted by Gasteiger charge is -2.32. The summed E-state index contributed by atoms with van der Waals surface area (Å²) in [5, 5.41) is 0. The van der Waals surface area contributed by atoms with Gasteiger partial charge in [0, 0.05) is 42.9 Å². The molecular formula is C19H23N3O2. The number of carbonyl (C=O) groups excluding carboxylic acids is 1. The molecule has 3 rings (SSSR count). The molecule has 1 amide bonds. The Bertz CT molecular complexity index is 675. The van der Waals surface area contributed by atoms with Gasteiger partial charge < -0.3 is 9.64 Å². The van der Waals surface area contributed by atoms with Crippen molar-refractivity contribution < 1.29 is 9.53 Å². The van der Waals surface area contributed by atoms with Crippen LogP contribution >= 0.6 is 0 Å². The molecular weight excluding hydrogens is 302 g/mol. The largest absolute Gasteiger partial charge is 0.372 e. The van der Waals surface area contributed by atoms with Crippen molar-refractivity contribution in [2.75, 3.05) is 13.1 Å². The fourth-order valence-electron chi connectivity index (χ4n) is 2.94. The zero-order valence-corrected chi connectivity index (χ0v) is 14.0. The summed E-state index contributed by atoms with van der Waals surface area (Å²) in [7, 11) is 0. The van der Waals surface area contributed by atoms with Crippen molar-refractivity contribution in [3.05, 3.63) is 59.7 Å². The van der Waals surface area contributed by atoms with Crippen molar-refractivity contribution in [1.29, 1.82) is 0 Å². The third kappa shape index (κ3) is 4.17. The number of likely N-dealkylation sites (tertiary alicyclic amines) is 1. The number of amides is 1. The highest BCUT2D eigenvalue weighted by Crippen LogP contribution is 2.17. The zero-order valence-electron chi connectivity index (χ0n) is 14.0. The van der Waals surface area contributed by atoms with E-state index < -0.39 is 0 Å². The standard InChI is InChI=1S/C19H23N3O2/c1-2-17-11-16(7-9-21-17)19(23)22-10-4-6-18(13-22)24-14-15-5-3-8-20-12-15/h3,5,7-9,11-12,18H,2,4,6,10,13-14H2,1H3. The summed E-state index contributed by atoms with van der Waals surface area (Å²) < 4.78 is 5.98. The Hall–Kier alpha value is -2.27. The van der Waals surface area contributed by atoms with Crippen LogP contribution in [0.15, 0.2) is 42.9 Å². The number of ether oxygens (including phenoxy) is 1. The average Bonchev–Trinajstić information content (AvgIpc) is 2.67. The van der Waals surface area contributed by atoms with Crippen LogP contribution in [0.4, 0.5) is 0 Å². The molecule has 5 nitrogen and oxygen atoms in total. The van der Waals surface area contributed by atoms with E-state index in [4.69, 9.17) is 4.74 Å². The van der Waals surface area contributed by atoms with Gasteiger partial charge in [-0.3, -0.25) is 14.8 Å². The van der Waals surface area contributed by atoms with Gasteiger partial charge >= 0.3 is 0 Å². The summed E-state index contributed by atoms with van der Waals surface area (Å²) in [6.45, 7) is 4.01. The van der Waals surface area contributed by atoms with Crippen LogP contribution in [0.5, 0.6) is 0 Å². The number of aromatic nitrogens is 2. The highest BCUT2D eigenvalue weighted by molar-refractivity contribution is 5.94. The Labute approximate surface area is 142 Å². The van der Waals surface area contributed by atoms with Crippen LogP contribution in [-0.4, -0.2) is 40.0 Å². The second-order valence-corrected chi connectivity index (χ2v) is 6.08. The molecule has 0 spiro atoms.